The van der Waals surface area contributed by atoms with Gasteiger partial charge in [-0.3, -0.25) is 9.48 Å². The van der Waals surface area contributed by atoms with Crippen LogP contribution >= 0.6 is 0 Å². The lowest BCUT2D eigenvalue weighted by molar-refractivity contribution is -0.122. The van der Waals surface area contributed by atoms with E-state index in [2.05, 4.69) is 22.7 Å². The summed E-state index contributed by atoms with van der Waals surface area (Å²) >= 11 is 0. The quantitative estimate of drug-likeness (QED) is 0.816. The maximum Gasteiger partial charge on any atom is 0.220 e. The van der Waals surface area contributed by atoms with Crippen LogP contribution in [0.25, 0.3) is 0 Å². The highest BCUT2D eigenvalue weighted by Crippen LogP contribution is 2.11. The topological polar surface area (TPSA) is 58.9 Å². The van der Waals surface area contributed by atoms with Gasteiger partial charge in [0.1, 0.15) is 0 Å². The zero-order valence-electron chi connectivity index (χ0n) is 11.1. The Labute approximate surface area is 108 Å². The normalized spacial score (nSPS) is 23.9. The Kier molecular flexibility index (Phi) is 4.36. The van der Waals surface area contributed by atoms with Crippen molar-refractivity contribution in [3.05, 3.63) is 18.0 Å². The number of amides is 1. The first-order valence-electron chi connectivity index (χ1n) is 6.63. The summed E-state index contributed by atoms with van der Waals surface area (Å²) in [5.41, 5.74) is 1.11. The monoisotopic (exact) mass is 250 g/mol. The van der Waals surface area contributed by atoms with Gasteiger partial charge in [-0.15, -0.1) is 0 Å². The highest BCUT2D eigenvalue weighted by molar-refractivity contribution is 5.76. The molecule has 2 heterocycles. The summed E-state index contributed by atoms with van der Waals surface area (Å²) in [6.45, 7) is 4.15. The summed E-state index contributed by atoms with van der Waals surface area (Å²) in [6.07, 6.45) is 6.20. The van der Waals surface area contributed by atoms with Crippen LogP contribution in [0.15, 0.2) is 12.4 Å². The van der Waals surface area contributed by atoms with Crippen molar-refractivity contribution in [1.29, 1.82) is 0 Å². The Balaban J connectivity index is 1.74. The van der Waals surface area contributed by atoms with Crippen LogP contribution in [0.1, 0.15) is 25.3 Å². The number of carbonyl (C=O) groups is 1. The molecule has 1 amide bonds. The Morgan fingerprint density at radius 2 is 2.50 bits per heavy atom. The molecule has 1 aliphatic rings. The van der Waals surface area contributed by atoms with E-state index in [1.165, 1.54) is 0 Å². The number of piperidine rings is 1. The molecule has 1 aromatic rings. The van der Waals surface area contributed by atoms with E-state index in [0.717, 1.165) is 31.5 Å². The molecule has 2 atom stereocenters. The Morgan fingerprint density at radius 1 is 1.67 bits per heavy atom. The van der Waals surface area contributed by atoms with Gasteiger partial charge in [-0.2, -0.15) is 5.10 Å². The lowest BCUT2D eigenvalue weighted by atomic mass is 9.94. The smallest absolute Gasteiger partial charge is 0.220 e. The fourth-order valence-corrected chi connectivity index (χ4v) is 2.32. The Morgan fingerprint density at radius 3 is 3.17 bits per heavy atom. The number of carbonyl (C=O) groups excluding carboxylic acids is 1. The summed E-state index contributed by atoms with van der Waals surface area (Å²) in [6, 6.07) is 0.278. The average molecular weight is 250 g/mol. The van der Waals surface area contributed by atoms with Crippen LogP contribution in [-0.2, 0) is 18.3 Å². The molecule has 0 spiro atoms. The fourth-order valence-electron chi connectivity index (χ4n) is 2.32. The second-order valence-electron chi connectivity index (χ2n) is 5.17. The summed E-state index contributed by atoms with van der Waals surface area (Å²) in [7, 11) is 1.89. The van der Waals surface area contributed by atoms with Gasteiger partial charge in [-0.05, 0) is 30.9 Å². The molecule has 2 rings (SSSR count). The molecule has 2 unspecified atom stereocenters. The van der Waals surface area contributed by atoms with E-state index in [1.807, 2.05) is 19.4 Å². The molecule has 5 nitrogen and oxygen atoms in total. The van der Waals surface area contributed by atoms with Crippen LogP contribution in [0.2, 0.25) is 0 Å². The third kappa shape index (κ3) is 3.57. The van der Waals surface area contributed by atoms with Crippen molar-refractivity contribution in [3.8, 4) is 0 Å². The highest BCUT2D eigenvalue weighted by Gasteiger charge is 2.22. The van der Waals surface area contributed by atoms with E-state index < -0.39 is 0 Å². The molecule has 2 N–H and O–H groups in total. The van der Waals surface area contributed by atoms with Crippen molar-refractivity contribution in [2.45, 2.75) is 32.2 Å². The molecular weight excluding hydrogens is 228 g/mol. The van der Waals surface area contributed by atoms with Crippen molar-refractivity contribution >= 4 is 5.91 Å². The molecule has 1 fully saturated rings. The maximum atomic E-state index is 11.9. The van der Waals surface area contributed by atoms with Crippen LogP contribution in [0.3, 0.4) is 0 Å². The first-order chi connectivity index (χ1) is 8.65. The number of rotatable bonds is 4. The molecule has 5 heteroatoms. The molecule has 1 aliphatic heterocycles. The standard InChI is InChI=1S/C13H22N4O/c1-10-5-6-14-8-12(10)16-13(18)4-3-11-7-15-17(2)9-11/h7,9-10,12,14H,3-6,8H2,1-2H3,(H,16,18). The van der Waals surface area contributed by atoms with Crippen molar-refractivity contribution in [2.75, 3.05) is 13.1 Å². The van der Waals surface area contributed by atoms with Crippen LogP contribution in [0.5, 0.6) is 0 Å². The predicted molar refractivity (Wildman–Crippen MR) is 70.1 cm³/mol. The predicted octanol–water partition coefficient (Wildman–Crippen LogP) is 0.467. The molecule has 1 aromatic heterocycles. The molecular formula is C13H22N4O. The minimum absolute atomic E-state index is 0.138. The van der Waals surface area contributed by atoms with Gasteiger partial charge in [0.15, 0.2) is 0 Å². The third-order valence-electron chi connectivity index (χ3n) is 3.57. The van der Waals surface area contributed by atoms with E-state index in [4.69, 9.17) is 0 Å². The molecule has 1 saturated heterocycles. The van der Waals surface area contributed by atoms with Crippen LogP contribution in [0.4, 0.5) is 0 Å². The van der Waals surface area contributed by atoms with Gasteiger partial charge in [-0.25, -0.2) is 0 Å². The number of aryl methyl sites for hydroxylation is 2. The molecule has 0 bridgehead atoms. The van der Waals surface area contributed by atoms with E-state index in [-0.39, 0.29) is 11.9 Å². The largest absolute Gasteiger partial charge is 0.352 e. The van der Waals surface area contributed by atoms with Crippen molar-refractivity contribution in [1.82, 2.24) is 20.4 Å². The van der Waals surface area contributed by atoms with Crippen LogP contribution < -0.4 is 10.6 Å². The minimum Gasteiger partial charge on any atom is -0.352 e. The average Bonchev–Trinajstić information content (AvgIpc) is 2.76. The molecule has 0 saturated carbocycles. The highest BCUT2D eigenvalue weighted by atomic mass is 16.1. The molecule has 18 heavy (non-hydrogen) atoms. The molecule has 0 aromatic carbocycles. The van der Waals surface area contributed by atoms with E-state index in [1.54, 1.807) is 4.68 Å². The fraction of sp³-hybridized carbons (Fsp3) is 0.692. The van der Waals surface area contributed by atoms with Crippen molar-refractivity contribution in [2.24, 2.45) is 13.0 Å². The van der Waals surface area contributed by atoms with Gasteiger partial charge in [0.25, 0.3) is 0 Å². The number of aromatic nitrogens is 2. The van der Waals surface area contributed by atoms with Gasteiger partial charge in [0.2, 0.25) is 5.91 Å². The minimum atomic E-state index is 0.138. The number of nitrogens with zero attached hydrogens (tertiary/aromatic N) is 2. The molecule has 100 valence electrons. The van der Waals surface area contributed by atoms with Gasteiger partial charge in [0.05, 0.1) is 6.20 Å². The summed E-state index contributed by atoms with van der Waals surface area (Å²) < 4.78 is 1.76. The first-order valence-corrected chi connectivity index (χ1v) is 6.63. The molecule has 0 aliphatic carbocycles. The maximum absolute atomic E-state index is 11.9. The Hall–Kier alpha value is -1.36. The third-order valence-corrected chi connectivity index (χ3v) is 3.57. The molecule has 0 radical (unpaired) electrons. The summed E-state index contributed by atoms with van der Waals surface area (Å²) in [4.78, 5) is 11.9. The summed E-state index contributed by atoms with van der Waals surface area (Å²) in [5, 5.41) is 10.5. The Bertz CT molecular complexity index is 401. The zero-order valence-corrected chi connectivity index (χ0v) is 11.1. The van der Waals surface area contributed by atoms with Gasteiger partial charge in [0, 0.05) is 32.3 Å². The lowest BCUT2D eigenvalue weighted by Gasteiger charge is -2.30. The summed E-state index contributed by atoms with van der Waals surface area (Å²) in [5.74, 6) is 0.702. The second-order valence-corrected chi connectivity index (χ2v) is 5.17. The van der Waals surface area contributed by atoms with Crippen molar-refractivity contribution < 1.29 is 4.79 Å². The zero-order chi connectivity index (χ0) is 13.0. The SMILES string of the molecule is CC1CCNCC1NC(=O)CCc1cnn(C)c1. The van der Waals surface area contributed by atoms with Crippen LogP contribution in [-0.4, -0.2) is 34.8 Å². The van der Waals surface area contributed by atoms with Crippen molar-refractivity contribution in [3.63, 3.8) is 0 Å². The number of hydrogen-bond acceptors (Lipinski definition) is 3. The number of hydrogen-bond donors (Lipinski definition) is 2. The lowest BCUT2D eigenvalue weighted by Crippen LogP contribution is -2.50. The van der Waals surface area contributed by atoms with Gasteiger partial charge < -0.3 is 10.6 Å². The van der Waals surface area contributed by atoms with E-state index >= 15 is 0 Å². The van der Waals surface area contributed by atoms with E-state index in [0.29, 0.717) is 12.3 Å². The first kappa shape index (κ1) is 13.1. The van der Waals surface area contributed by atoms with Crippen LogP contribution in [0, 0.1) is 5.92 Å². The number of nitrogens with one attached hydrogen (secondary N) is 2. The second kappa shape index (κ2) is 6.00. The van der Waals surface area contributed by atoms with Gasteiger partial charge >= 0.3 is 0 Å². The van der Waals surface area contributed by atoms with Gasteiger partial charge in [-0.1, -0.05) is 6.92 Å². The van der Waals surface area contributed by atoms with E-state index in [9.17, 15) is 4.79 Å².